The van der Waals surface area contributed by atoms with Gasteiger partial charge < -0.3 is 4.90 Å². The first-order valence-electron chi connectivity index (χ1n) is 7.31. The molecule has 0 saturated heterocycles. The van der Waals surface area contributed by atoms with Gasteiger partial charge in [-0.15, -0.1) is 0 Å². The number of hydrogen-bond donors (Lipinski definition) is 0. The number of alkyl halides is 3. The normalized spacial score (nSPS) is 12.5. The molecule has 0 fully saturated rings. The van der Waals surface area contributed by atoms with Crippen molar-refractivity contribution in [3.8, 4) is 0 Å². The zero-order valence-corrected chi connectivity index (χ0v) is 13.9. The van der Waals surface area contributed by atoms with Gasteiger partial charge in [0.2, 0.25) is 0 Å². The van der Waals surface area contributed by atoms with Crippen LogP contribution in [0.2, 0.25) is 0 Å². The van der Waals surface area contributed by atoms with Gasteiger partial charge >= 0.3 is 6.18 Å². The average molecular weight is 357 g/mol. The predicted molar refractivity (Wildman–Crippen MR) is 86.3 cm³/mol. The molecule has 2 aromatic carbocycles. The third-order valence-corrected chi connectivity index (χ3v) is 5.32. The SMILES string of the molecule is CN(CCS(=O)(=O)c1ccccc1)Cc1ccccc1C(F)(F)F. The van der Waals surface area contributed by atoms with Crippen LogP contribution in [0.1, 0.15) is 11.1 Å². The minimum absolute atomic E-state index is 0.0278. The van der Waals surface area contributed by atoms with Gasteiger partial charge in [0.15, 0.2) is 9.84 Å². The fourth-order valence-corrected chi connectivity index (χ4v) is 3.69. The molecule has 0 saturated carbocycles. The lowest BCUT2D eigenvalue weighted by molar-refractivity contribution is -0.138. The first-order chi connectivity index (χ1) is 11.2. The fraction of sp³-hybridized carbons (Fsp3) is 0.294. The van der Waals surface area contributed by atoms with Crippen molar-refractivity contribution in [3.63, 3.8) is 0 Å². The Morgan fingerprint density at radius 2 is 1.54 bits per heavy atom. The molecule has 24 heavy (non-hydrogen) atoms. The Hall–Kier alpha value is -1.86. The van der Waals surface area contributed by atoms with Gasteiger partial charge in [0.25, 0.3) is 0 Å². The first kappa shape index (κ1) is 18.5. The standard InChI is InChI=1S/C17H18F3NO2S/c1-21(11-12-24(22,23)15-8-3-2-4-9-15)13-14-7-5-6-10-16(14)17(18,19)20/h2-10H,11-13H2,1H3. The maximum absolute atomic E-state index is 13.0. The molecule has 0 aliphatic carbocycles. The largest absolute Gasteiger partial charge is 0.416 e. The monoisotopic (exact) mass is 357 g/mol. The number of nitrogens with zero attached hydrogens (tertiary/aromatic N) is 1. The van der Waals surface area contributed by atoms with Gasteiger partial charge in [0, 0.05) is 13.1 Å². The van der Waals surface area contributed by atoms with Gasteiger partial charge in [-0.1, -0.05) is 36.4 Å². The van der Waals surface area contributed by atoms with Crippen LogP contribution in [0.3, 0.4) is 0 Å². The lowest BCUT2D eigenvalue weighted by Gasteiger charge is -2.19. The van der Waals surface area contributed by atoms with Gasteiger partial charge in [0.05, 0.1) is 16.2 Å². The molecule has 0 bridgehead atoms. The molecule has 2 rings (SSSR count). The maximum atomic E-state index is 13.0. The lowest BCUT2D eigenvalue weighted by atomic mass is 10.1. The summed E-state index contributed by atoms with van der Waals surface area (Å²) in [5.74, 6) is -0.151. The van der Waals surface area contributed by atoms with Gasteiger partial charge in [-0.05, 0) is 30.8 Å². The Morgan fingerprint density at radius 1 is 0.958 bits per heavy atom. The summed E-state index contributed by atoms with van der Waals surface area (Å²) in [6.45, 7) is 0.170. The molecule has 2 aromatic rings. The number of rotatable bonds is 6. The van der Waals surface area contributed by atoms with E-state index in [9.17, 15) is 21.6 Å². The van der Waals surface area contributed by atoms with Crippen molar-refractivity contribution in [3.05, 3.63) is 65.7 Å². The molecular weight excluding hydrogens is 339 g/mol. The molecule has 0 heterocycles. The number of sulfone groups is 1. The van der Waals surface area contributed by atoms with Crippen LogP contribution in [0.5, 0.6) is 0 Å². The van der Waals surface area contributed by atoms with Crippen molar-refractivity contribution in [1.82, 2.24) is 4.90 Å². The Morgan fingerprint density at radius 3 is 2.17 bits per heavy atom. The van der Waals surface area contributed by atoms with Crippen LogP contribution in [0.4, 0.5) is 13.2 Å². The van der Waals surface area contributed by atoms with Gasteiger partial charge in [-0.25, -0.2) is 8.42 Å². The van der Waals surface area contributed by atoms with E-state index in [0.29, 0.717) is 0 Å². The summed E-state index contributed by atoms with van der Waals surface area (Å²) in [6.07, 6.45) is -4.42. The Balaban J connectivity index is 2.04. The van der Waals surface area contributed by atoms with E-state index in [0.717, 1.165) is 6.07 Å². The molecule has 7 heteroatoms. The number of halogens is 3. The molecule has 3 nitrogen and oxygen atoms in total. The third kappa shape index (κ3) is 4.82. The van der Waals surface area contributed by atoms with E-state index in [4.69, 9.17) is 0 Å². The second kappa shape index (κ2) is 7.36. The molecule has 0 radical (unpaired) electrons. The predicted octanol–water partition coefficient (Wildman–Crippen LogP) is 3.61. The summed E-state index contributed by atoms with van der Waals surface area (Å²) in [4.78, 5) is 1.79. The van der Waals surface area contributed by atoms with E-state index in [2.05, 4.69) is 0 Å². The number of hydrogen-bond acceptors (Lipinski definition) is 3. The highest BCUT2D eigenvalue weighted by atomic mass is 32.2. The molecule has 0 amide bonds. The molecule has 0 aliphatic heterocycles. The summed E-state index contributed by atoms with van der Waals surface area (Å²) in [7, 11) is -1.85. The van der Waals surface area contributed by atoms with Crippen molar-refractivity contribution in [2.45, 2.75) is 17.6 Å². The van der Waals surface area contributed by atoms with E-state index in [1.807, 2.05) is 0 Å². The molecule has 0 aliphatic rings. The van der Waals surface area contributed by atoms with Crippen LogP contribution in [-0.2, 0) is 22.6 Å². The van der Waals surface area contributed by atoms with Crippen molar-refractivity contribution < 1.29 is 21.6 Å². The highest BCUT2D eigenvalue weighted by Gasteiger charge is 2.33. The first-order valence-corrected chi connectivity index (χ1v) is 8.97. The summed E-state index contributed by atoms with van der Waals surface area (Å²) < 4.78 is 63.4. The molecule has 0 unspecified atom stereocenters. The van der Waals surface area contributed by atoms with Crippen LogP contribution < -0.4 is 0 Å². The van der Waals surface area contributed by atoms with Gasteiger partial charge in [-0.3, -0.25) is 0 Å². The van der Waals surface area contributed by atoms with Crippen molar-refractivity contribution in [1.29, 1.82) is 0 Å². The van der Waals surface area contributed by atoms with Crippen molar-refractivity contribution >= 4 is 9.84 Å². The zero-order valence-electron chi connectivity index (χ0n) is 13.1. The molecular formula is C17H18F3NO2S. The molecule has 0 N–H and O–H groups in total. The number of benzene rings is 2. The molecule has 130 valence electrons. The molecule has 0 atom stereocenters. The second-order valence-electron chi connectivity index (χ2n) is 5.52. The zero-order chi connectivity index (χ0) is 17.8. The quantitative estimate of drug-likeness (QED) is 0.793. The molecule has 0 spiro atoms. The van der Waals surface area contributed by atoms with Crippen LogP contribution in [0, 0.1) is 0 Å². The highest BCUT2D eigenvalue weighted by Crippen LogP contribution is 2.32. The highest BCUT2D eigenvalue weighted by molar-refractivity contribution is 7.91. The minimum atomic E-state index is -4.42. The van der Waals surface area contributed by atoms with Gasteiger partial charge in [0.1, 0.15) is 0 Å². The summed E-state index contributed by atoms with van der Waals surface area (Å²) in [6, 6.07) is 13.3. The van der Waals surface area contributed by atoms with Crippen molar-refractivity contribution in [2.75, 3.05) is 19.3 Å². The average Bonchev–Trinajstić information content (AvgIpc) is 2.53. The lowest BCUT2D eigenvalue weighted by Crippen LogP contribution is -2.26. The summed E-state index contributed by atoms with van der Waals surface area (Å²) >= 11 is 0. The topological polar surface area (TPSA) is 37.4 Å². The van der Waals surface area contributed by atoms with E-state index >= 15 is 0 Å². The van der Waals surface area contributed by atoms with E-state index < -0.39 is 21.6 Å². The van der Waals surface area contributed by atoms with Crippen LogP contribution in [0.15, 0.2) is 59.5 Å². The van der Waals surface area contributed by atoms with Gasteiger partial charge in [-0.2, -0.15) is 13.2 Å². The Bertz CT molecular complexity index is 774. The third-order valence-electron chi connectivity index (χ3n) is 3.61. The Labute approximate surface area is 139 Å². The van der Waals surface area contributed by atoms with E-state index in [-0.39, 0.29) is 29.3 Å². The minimum Gasteiger partial charge on any atom is -0.301 e. The van der Waals surface area contributed by atoms with Crippen LogP contribution >= 0.6 is 0 Å². The van der Waals surface area contributed by atoms with Crippen LogP contribution in [0.25, 0.3) is 0 Å². The Kier molecular flexibility index (Phi) is 5.66. The summed E-state index contributed by atoms with van der Waals surface area (Å²) in [5.41, 5.74) is -0.563. The summed E-state index contributed by atoms with van der Waals surface area (Å²) in [5, 5.41) is 0. The smallest absolute Gasteiger partial charge is 0.301 e. The van der Waals surface area contributed by atoms with E-state index in [1.54, 1.807) is 36.2 Å². The fourth-order valence-electron chi connectivity index (χ4n) is 2.33. The van der Waals surface area contributed by atoms with Crippen molar-refractivity contribution in [2.24, 2.45) is 0 Å². The molecule has 0 aromatic heterocycles. The van der Waals surface area contributed by atoms with Crippen LogP contribution in [-0.4, -0.2) is 32.7 Å². The second-order valence-corrected chi connectivity index (χ2v) is 7.63. The van der Waals surface area contributed by atoms with E-state index in [1.165, 1.54) is 24.3 Å². The maximum Gasteiger partial charge on any atom is 0.416 e.